The van der Waals surface area contributed by atoms with Crippen LogP contribution in [0.2, 0.25) is 0 Å². The Balaban J connectivity index is 1.85. The molecule has 2 aliphatic carbocycles. The maximum absolute atomic E-state index is 4.32. The Morgan fingerprint density at radius 2 is 2.07 bits per heavy atom. The lowest BCUT2D eigenvalue weighted by atomic mass is 10.0. The van der Waals surface area contributed by atoms with Gasteiger partial charge < -0.3 is 0 Å². The van der Waals surface area contributed by atoms with Gasteiger partial charge in [-0.25, -0.2) is 4.68 Å². The van der Waals surface area contributed by atoms with E-state index in [0.717, 1.165) is 28.7 Å². The predicted octanol–water partition coefficient (Wildman–Crippen LogP) is 2.23. The SMILES string of the molecule is CCn1nnc2c1CC[C@@H]1C(I)[C@@H]1CC2. The van der Waals surface area contributed by atoms with E-state index in [0.29, 0.717) is 0 Å². The van der Waals surface area contributed by atoms with Crippen LogP contribution in [0.15, 0.2) is 0 Å². The van der Waals surface area contributed by atoms with Crippen molar-refractivity contribution < 1.29 is 0 Å². The van der Waals surface area contributed by atoms with Gasteiger partial charge in [-0.1, -0.05) is 27.8 Å². The molecule has 2 aliphatic rings. The first-order chi connectivity index (χ1) is 7.31. The molecule has 1 unspecified atom stereocenters. The van der Waals surface area contributed by atoms with Crippen molar-refractivity contribution in [1.29, 1.82) is 0 Å². The molecule has 82 valence electrons. The number of fused-ring (bicyclic) bond motifs is 2. The van der Waals surface area contributed by atoms with Crippen molar-refractivity contribution in [2.45, 2.75) is 43.1 Å². The zero-order valence-electron chi connectivity index (χ0n) is 8.99. The molecule has 1 heterocycles. The summed E-state index contributed by atoms with van der Waals surface area (Å²) < 4.78 is 3.02. The van der Waals surface area contributed by atoms with Crippen LogP contribution in [0, 0.1) is 11.8 Å². The average Bonchev–Trinajstić information content (AvgIpc) is 2.67. The molecule has 1 aromatic rings. The minimum absolute atomic E-state index is 0.939. The number of alkyl halides is 1. The fourth-order valence-corrected chi connectivity index (χ4v) is 4.39. The van der Waals surface area contributed by atoms with E-state index in [-0.39, 0.29) is 0 Å². The highest BCUT2D eigenvalue weighted by atomic mass is 127. The van der Waals surface area contributed by atoms with Crippen LogP contribution >= 0.6 is 22.6 Å². The summed E-state index contributed by atoms with van der Waals surface area (Å²) in [4.78, 5) is 0. The summed E-state index contributed by atoms with van der Waals surface area (Å²) in [5.74, 6) is 1.96. The van der Waals surface area contributed by atoms with Gasteiger partial charge in [0.2, 0.25) is 0 Å². The molecule has 0 aliphatic heterocycles. The summed E-state index contributed by atoms with van der Waals surface area (Å²) in [7, 11) is 0. The second-order valence-corrected chi connectivity index (χ2v) is 6.09. The molecule has 0 aromatic carbocycles. The second kappa shape index (κ2) is 3.71. The summed E-state index contributed by atoms with van der Waals surface area (Å²) in [5.41, 5.74) is 2.68. The molecule has 0 radical (unpaired) electrons. The van der Waals surface area contributed by atoms with E-state index in [2.05, 4.69) is 44.5 Å². The van der Waals surface area contributed by atoms with Gasteiger partial charge in [-0.2, -0.15) is 0 Å². The number of aryl methyl sites for hydroxylation is 2. The van der Waals surface area contributed by atoms with Crippen LogP contribution in [0.3, 0.4) is 0 Å². The van der Waals surface area contributed by atoms with E-state index >= 15 is 0 Å². The van der Waals surface area contributed by atoms with Gasteiger partial charge in [-0.15, -0.1) is 5.10 Å². The molecule has 0 saturated heterocycles. The molecule has 3 nitrogen and oxygen atoms in total. The lowest BCUT2D eigenvalue weighted by Gasteiger charge is -2.08. The quantitative estimate of drug-likeness (QED) is 0.587. The first-order valence-corrected chi connectivity index (χ1v) is 7.11. The number of nitrogens with zero attached hydrogens (tertiary/aromatic N) is 3. The zero-order chi connectivity index (χ0) is 10.4. The van der Waals surface area contributed by atoms with Crippen LogP contribution in [0.1, 0.15) is 31.2 Å². The Morgan fingerprint density at radius 1 is 1.33 bits per heavy atom. The fraction of sp³-hybridized carbons (Fsp3) is 0.818. The molecule has 0 N–H and O–H groups in total. The molecule has 3 rings (SSSR count). The average molecular weight is 317 g/mol. The van der Waals surface area contributed by atoms with E-state index in [1.54, 1.807) is 0 Å². The van der Waals surface area contributed by atoms with E-state index in [1.807, 2.05) is 0 Å². The van der Waals surface area contributed by atoms with Crippen LogP contribution < -0.4 is 0 Å². The van der Waals surface area contributed by atoms with Gasteiger partial charge in [0.15, 0.2) is 0 Å². The molecule has 1 saturated carbocycles. The molecule has 1 aromatic heterocycles. The molecule has 0 spiro atoms. The molecular weight excluding hydrogens is 301 g/mol. The van der Waals surface area contributed by atoms with Gasteiger partial charge in [0.1, 0.15) is 0 Å². The molecular formula is C11H16IN3. The Bertz CT molecular complexity index is 374. The first kappa shape index (κ1) is 10.1. The van der Waals surface area contributed by atoms with Gasteiger partial charge in [0.25, 0.3) is 0 Å². The number of halogens is 1. The van der Waals surface area contributed by atoms with Gasteiger partial charge in [-0.05, 0) is 44.4 Å². The smallest absolute Gasteiger partial charge is 0.0859 e. The summed E-state index contributed by atoms with van der Waals surface area (Å²) in [5, 5.41) is 8.54. The van der Waals surface area contributed by atoms with Gasteiger partial charge in [-0.3, -0.25) is 0 Å². The number of rotatable bonds is 1. The highest BCUT2D eigenvalue weighted by molar-refractivity contribution is 14.1. The van der Waals surface area contributed by atoms with Gasteiger partial charge >= 0.3 is 0 Å². The number of aromatic nitrogens is 3. The van der Waals surface area contributed by atoms with Crippen LogP contribution in [-0.4, -0.2) is 18.9 Å². The molecule has 0 amide bonds. The Labute approximate surface area is 104 Å². The zero-order valence-corrected chi connectivity index (χ0v) is 11.1. The van der Waals surface area contributed by atoms with Crippen molar-refractivity contribution in [1.82, 2.24) is 15.0 Å². The Morgan fingerprint density at radius 3 is 2.80 bits per heavy atom. The molecule has 1 fully saturated rings. The topological polar surface area (TPSA) is 30.7 Å². The Hall–Kier alpha value is -0.130. The molecule has 3 atom stereocenters. The number of hydrogen-bond donors (Lipinski definition) is 0. The summed E-state index contributed by atoms with van der Waals surface area (Å²) in [6.07, 6.45) is 5.01. The molecule has 0 bridgehead atoms. The van der Waals surface area contributed by atoms with Gasteiger partial charge in [0.05, 0.1) is 11.4 Å². The van der Waals surface area contributed by atoms with Gasteiger partial charge in [0, 0.05) is 10.5 Å². The van der Waals surface area contributed by atoms with Crippen molar-refractivity contribution in [3.05, 3.63) is 11.4 Å². The van der Waals surface area contributed by atoms with Crippen molar-refractivity contribution in [2.75, 3.05) is 0 Å². The summed E-state index contributed by atoms with van der Waals surface area (Å²) in [6, 6.07) is 0. The third-order valence-corrected chi connectivity index (χ3v) is 5.72. The van der Waals surface area contributed by atoms with E-state index in [4.69, 9.17) is 0 Å². The van der Waals surface area contributed by atoms with Crippen LogP contribution in [0.25, 0.3) is 0 Å². The van der Waals surface area contributed by atoms with Crippen molar-refractivity contribution in [2.24, 2.45) is 11.8 Å². The second-order valence-electron chi connectivity index (χ2n) is 4.65. The Kier molecular flexibility index (Phi) is 2.49. The largest absolute Gasteiger partial charge is 0.249 e. The summed E-state index contributed by atoms with van der Waals surface area (Å²) in [6.45, 7) is 3.11. The van der Waals surface area contributed by atoms with E-state index in [9.17, 15) is 0 Å². The maximum atomic E-state index is 4.32. The summed E-state index contributed by atoms with van der Waals surface area (Å²) >= 11 is 2.63. The normalized spacial score (nSPS) is 33.9. The molecule has 4 heteroatoms. The predicted molar refractivity (Wildman–Crippen MR) is 67.1 cm³/mol. The number of hydrogen-bond acceptors (Lipinski definition) is 2. The third kappa shape index (κ3) is 1.61. The highest BCUT2D eigenvalue weighted by Gasteiger charge is 2.47. The highest BCUT2D eigenvalue weighted by Crippen LogP contribution is 2.52. The van der Waals surface area contributed by atoms with Crippen molar-refractivity contribution in [3.63, 3.8) is 0 Å². The van der Waals surface area contributed by atoms with E-state index < -0.39 is 0 Å². The first-order valence-electron chi connectivity index (χ1n) is 5.86. The lowest BCUT2D eigenvalue weighted by Crippen LogP contribution is -2.07. The van der Waals surface area contributed by atoms with Crippen LogP contribution in [0.4, 0.5) is 0 Å². The van der Waals surface area contributed by atoms with E-state index in [1.165, 1.54) is 30.7 Å². The van der Waals surface area contributed by atoms with Crippen molar-refractivity contribution in [3.8, 4) is 0 Å². The lowest BCUT2D eigenvalue weighted by molar-refractivity contribution is 0.548. The minimum atomic E-state index is 0.939. The standard InChI is InChI=1S/C11H16IN3/c1-2-15-10-6-4-8-7(11(8)12)3-5-9(10)13-14-15/h7-8,11H,2-6H2,1H3/t7-,8+,11?/m1/s1. The molecule has 15 heavy (non-hydrogen) atoms. The fourth-order valence-electron chi connectivity index (χ4n) is 2.84. The third-order valence-electron chi connectivity index (χ3n) is 3.87. The van der Waals surface area contributed by atoms with Crippen molar-refractivity contribution >= 4 is 22.6 Å². The maximum Gasteiger partial charge on any atom is 0.0859 e. The minimum Gasteiger partial charge on any atom is -0.249 e. The monoisotopic (exact) mass is 317 g/mol. The van der Waals surface area contributed by atoms with Crippen LogP contribution in [-0.2, 0) is 19.4 Å². The van der Waals surface area contributed by atoms with Crippen LogP contribution in [0.5, 0.6) is 0 Å².